The van der Waals surface area contributed by atoms with E-state index in [1.165, 1.54) is 24.4 Å². The molecule has 0 atom stereocenters. The molecular formula is C19H18F2N6O. The molecule has 1 saturated carbocycles. The largest absolute Gasteiger partial charge is 0.494 e. The van der Waals surface area contributed by atoms with Crippen molar-refractivity contribution in [3.63, 3.8) is 0 Å². The number of nitrogens with zero attached hydrogens (tertiary/aromatic N) is 5. The lowest BCUT2D eigenvalue weighted by molar-refractivity contribution is 0.383. The summed E-state index contributed by atoms with van der Waals surface area (Å²) < 4.78 is 35.5. The number of nitrogens with one attached hydrogen (secondary N) is 1. The van der Waals surface area contributed by atoms with Gasteiger partial charge in [0.2, 0.25) is 0 Å². The third-order valence-corrected chi connectivity index (χ3v) is 4.99. The molecule has 4 rings (SSSR count). The number of fused-ring (bicyclic) bond motifs is 1. The zero-order valence-corrected chi connectivity index (χ0v) is 15.2. The van der Waals surface area contributed by atoms with E-state index in [4.69, 9.17) is 4.74 Å². The fraction of sp³-hybridized carbons (Fsp3) is 0.368. The normalized spacial score (nSPS) is 14.8. The predicted octanol–water partition coefficient (Wildman–Crippen LogP) is 3.69. The van der Waals surface area contributed by atoms with Gasteiger partial charge >= 0.3 is 0 Å². The minimum Gasteiger partial charge on any atom is -0.494 e. The maximum atomic E-state index is 14.8. The number of methoxy groups -OCH3 is 1. The monoisotopic (exact) mass is 384 g/mol. The van der Waals surface area contributed by atoms with E-state index in [1.54, 1.807) is 0 Å². The van der Waals surface area contributed by atoms with Crippen molar-refractivity contribution in [2.45, 2.75) is 38.1 Å². The minimum absolute atomic E-state index is 0.0534. The Morgan fingerprint density at radius 3 is 2.71 bits per heavy atom. The molecule has 0 radical (unpaired) electrons. The Balaban J connectivity index is 1.95. The van der Waals surface area contributed by atoms with Crippen LogP contribution in [0.1, 0.15) is 37.8 Å². The van der Waals surface area contributed by atoms with Gasteiger partial charge in [0.15, 0.2) is 17.3 Å². The van der Waals surface area contributed by atoms with Crippen LogP contribution >= 0.6 is 0 Å². The van der Waals surface area contributed by atoms with E-state index in [9.17, 15) is 14.0 Å². The standard InChI is InChI=1S/C19H18F2N6O/c1-28-16-8-13(20)12(7-14(16)21)17-15(9-22)26-19-23-10-24-27(19)18(17)25-11-5-3-2-4-6-11/h7-8,10-11,25H,2-6H2,1H3. The summed E-state index contributed by atoms with van der Waals surface area (Å²) in [4.78, 5) is 8.21. The molecule has 2 aromatic heterocycles. The van der Waals surface area contributed by atoms with E-state index in [0.29, 0.717) is 5.82 Å². The second-order valence-electron chi connectivity index (χ2n) is 6.71. The summed E-state index contributed by atoms with van der Waals surface area (Å²) in [6.45, 7) is 0. The number of halogens is 2. The van der Waals surface area contributed by atoms with Crippen molar-refractivity contribution in [2.24, 2.45) is 0 Å². The van der Waals surface area contributed by atoms with E-state index in [0.717, 1.165) is 37.8 Å². The minimum atomic E-state index is -0.731. The predicted molar refractivity (Wildman–Crippen MR) is 97.9 cm³/mol. The molecule has 2 heterocycles. The lowest BCUT2D eigenvalue weighted by Crippen LogP contribution is -2.25. The molecule has 0 amide bonds. The van der Waals surface area contributed by atoms with Gasteiger partial charge in [-0.25, -0.2) is 8.78 Å². The van der Waals surface area contributed by atoms with E-state index in [2.05, 4.69) is 20.4 Å². The molecule has 0 unspecified atom stereocenters. The van der Waals surface area contributed by atoms with Crippen molar-refractivity contribution < 1.29 is 13.5 Å². The van der Waals surface area contributed by atoms with E-state index in [-0.39, 0.29) is 34.4 Å². The zero-order valence-electron chi connectivity index (χ0n) is 15.2. The molecule has 1 aromatic carbocycles. The van der Waals surface area contributed by atoms with Gasteiger partial charge in [0.1, 0.15) is 24.0 Å². The third kappa shape index (κ3) is 3.11. The van der Waals surface area contributed by atoms with Crippen LogP contribution in [0, 0.1) is 23.0 Å². The van der Waals surface area contributed by atoms with Gasteiger partial charge in [0, 0.05) is 17.7 Å². The maximum Gasteiger partial charge on any atom is 0.255 e. The topological polar surface area (TPSA) is 88.1 Å². The first kappa shape index (κ1) is 18.1. The average Bonchev–Trinajstić information content (AvgIpc) is 3.18. The molecule has 1 fully saturated rings. The Hall–Kier alpha value is -3.28. The molecule has 9 heteroatoms. The summed E-state index contributed by atoms with van der Waals surface area (Å²) >= 11 is 0. The number of hydrogen-bond acceptors (Lipinski definition) is 6. The van der Waals surface area contributed by atoms with Gasteiger partial charge in [-0.3, -0.25) is 0 Å². The number of nitriles is 1. The molecule has 0 aliphatic heterocycles. The lowest BCUT2D eigenvalue weighted by atomic mass is 9.95. The van der Waals surface area contributed by atoms with Crippen LogP contribution in [0.2, 0.25) is 0 Å². The molecule has 28 heavy (non-hydrogen) atoms. The number of aromatic nitrogens is 4. The van der Waals surface area contributed by atoms with Gasteiger partial charge in [-0.2, -0.15) is 24.8 Å². The molecule has 3 aromatic rings. The molecule has 0 bridgehead atoms. The van der Waals surface area contributed by atoms with Gasteiger partial charge in [-0.1, -0.05) is 19.3 Å². The number of benzene rings is 1. The van der Waals surface area contributed by atoms with Gasteiger partial charge in [0.25, 0.3) is 5.78 Å². The van der Waals surface area contributed by atoms with Crippen LogP contribution < -0.4 is 10.1 Å². The fourth-order valence-electron chi connectivity index (χ4n) is 3.63. The molecule has 1 aliphatic carbocycles. The van der Waals surface area contributed by atoms with Crippen LogP contribution in [-0.2, 0) is 0 Å². The van der Waals surface area contributed by atoms with Crippen LogP contribution in [0.5, 0.6) is 5.75 Å². The highest BCUT2D eigenvalue weighted by Crippen LogP contribution is 2.36. The fourth-order valence-corrected chi connectivity index (χ4v) is 3.63. The van der Waals surface area contributed by atoms with Crippen molar-refractivity contribution in [3.8, 4) is 22.9 Å². The first-order valence-corrected chi connectivity index (χ1v) is 9.06. The van der Waals surface area contributed by atoms with Gasteiger partial charge in [-0.15, -0.1) is 0 Å². The smallest absolute Gasteiger partial charge is 0.255 e. The van der Waals surface area contributed by atoms with E-state index in [1.807, 2.05) is 6.07 Å². The van der Waals surface area contributed by atoms with Gasteiger partial charge in [-0.05, 0) is 18.9 Å². The summed E-state index contributed by atoms with van der Waals surface area (Å²) in [6, 6.07) is 4.09. The Morgan fingerprint density at radius 2 is 2.00 bits per heavy atom. The summed E-state index contributed by atoms with van der Waals surface area (Å²) in [5.41, 5.74) is 0.0189. The second kappa shape index (κ2) is 7.38. The molecule has 1 aliphatic rings. The van der Waals surface area contributed by atoms with Crippen LogP contribution in [-0.4, -0.2) is 32.7 Å². The third-order valence-electron chi connectivity index (χ3n) is 4.99. The number of ether oxygens (including phenoxy) is 1. The van der Waals surface area contributed by atoms with Crippen molar-refractivity contribution in [3.05, 3.63) is 35.8 Å². The molecular weight excluding hydrogens is 366 g/mol. The SMILES string of the molecule is COc1cc(F)c(-c2c(C#N)nc3ncnn3c2NC2CCCCC2)cc1F. The summed E-state index contributed by atoms with van der Waals surface area (Å²) in [7, 11) is 1.26. The Bertz CT molecular complexity index is 1070. The average molecular weight is 384 g/mol. The van der Waals surface area contributed by atoms with Crippen LogP contribution in [0.15, 0.2) is 18.5 Å². The van der Waals surface area contributed by atoms with Crippen molar-refractivity contribution in [1.82, 2.24) is 19.6 Å². The molecule has 7 nitrogen and oxygen atoms in total. The van der Waals surface area contributed by atoms with Crippen molar-refractivity contribution >= 4 is 11.6 Å². The molecule has 0 saturated heterocycles. The Labute approximate surface area is 160 Å². The number of rotatable bonds is 4. The van der Waals surface area contributed by atoms with Crippen LogP contribution in [0.4, 0.5) is 14.6 Å². The lowest BCUT2D eigenvalue weighted by Gasteiger charge is -2.25. The van der Waals surface area contributed by atoms with Crippen LogP contribution in [0.25, 0.3) is 16.9 Å². The molecule has 144 valence electrons. The summed E-state index contributed by atoms with van der Waals surface area (Å²) in [5.74, 6) is -1.06. The molecule has 1 N–H and O–H groups in total. The summed E-state index contributed by atoms with van der Waals surface area (Å²) in [5, 5.41) is 17.2. The molecule has 0 spiro atoms. The highest BCUT2D eigenvalue weighted by atomic mass is 19.1. The first-order chi connectivity index (χ1) is 13.6. The Kier molecular flexibility index (Phi) is 4.77. The van der Waals surface area contributed by atoms with Crippen molar-refractivity contribution in [2.75, 3.05) is 12.4 Å². The first-order valence-electron chi connectivity index (χ1n) is 9.06. The number of anilines is 1. The zero-order chi connectivity index (χ0) is 19.7. The Morgan fingerprint density at radius 1 is 1.21 bits per heavy atom. The van der Waals surface area contributed by atoms with Gasteiger partial charge in [0.05, 0.1) is 12.7 Å². The van der Waals surface area contributed by atoms with Crippen molar-refractivity contribution in [1.29, 1.82) is 5.26 Å². The second-order valence-corrected chi connectivity index (χ2v) is 6.71. The highest BCUT2D eigenvalue weighted by Gasteiger charge is 2.25. The maximum absolute atomic E-state index is 14.8. The van der Waals surface area contributed by atoms with E-state index < -0.39 is 11.6 Å². The number of hydrogen-bond donors (Lipinski definition) is 1. The van der Waals surface area contributed by atoms with E-state index >= 15 is 0 Å². The highest BCUT2D eigenvalue weighted by molar-refractivity contribution is 5.82. The summed E-state index contributed by atoms with van der Waals surface area (Å²) in [6.07, 6.45) is 6.52. The van der Waals surface area contributed by atoms with Gasteiger partial charge < -0.3 is 10.1 Å². The quantitative estimate of drug-likeness (QED) is 0.738. The van der Waals surface area contributed by atoms with Crippen LogP contribution in [0.3, 0.4) is 0 Å².